The number of nitro groups is 1. The zero-order valence-electron chi connectivity index (χ0n) is 11.0. The number of pyridine rings is 1. The average molecular weight is 339 g/mol. The number of rotatable bonds is 5. The van der Waals surface area contributed by atoms with Crippen LogP contribution in [0.1, 0.15) is 13.3 Å². The minimum absolute atomic E-state index is 0.0155. The maximum atomic E-state index is 11.2. The largest absolute Gasteiger partial charge is 0.375 e. The molecular formula is C13H15BrN4O2. The topological polar surface area (TPSA) is 94.1 Å². The number of nitrogens with one attached hydrogen (secondary N) is 1. The number of anilines is 1. The molecule has 0 fully saturated rings. The lowest BCUT2D eigenvalue weighted by atomic mass is 10.1. The van der Waals surface area contributed by atoms with E-state index in [0.29, 0.717) is 23.1 Å². The summed E-state index contributed by atoms with van der Waals surface area (Å²) >= 11 is 3.38. The van der Waals surface area contributed by atoms with Crippen molar-refractivity contribution in [1.82, 2.24) is 4.98 Å². The minimum atomic E-state index is -0.432. The van der Waals surface area contributed by atoms with Crippen molar-refractivity contribution >= 4 is 38.2 Å². The molecule has 7 heteroatoms. The lowest BCUT2D eigenvalue weighted by Crippen LogP contribution is -2.28. The predicted octanol–water partition coefficient (Wildman–Crippen LogP) is 3.05. The van der Waals surface area contributed by atoms with Crippen molar-refractivity contribution in [2.45, 2.75) is 19.4 Å². The molecule has 0 aliphatic carbocycles. The third-order valence-corrected chi connectivity index (χ3v) is 3.63. The molecule has 1 atom stereocenters. The first-order chi connectivity index (χ1) is 9.56. The van der Waals surface area contributed by atoms with Gasteiger partial charge in [-0.15, -0.1) is 0 Å². The van der Waals surface area contributed by atoms with Crippen molar-refractivity contribution in [3.05, 3.63) is 39.0 Å². The summed E-state index contributed by atoms with van der Waals surface area (Å²) in [5.41, 5.74) is 6.81. The molecule has 0 spiro atoms. The fraction of sp³-hybridized carbons (Fsp3) is 0.308. The number of fused-ring (bicyclic) bond motifs is 1. The van der Waals surface area contributed by atoms with Gasteiger partial charge in [0.05, 0.1) is 10.4 Å². The highest BCUT2D eigenvalue weighted by Gasteiger charge is 2.20. The summed E-state index contributed by atoms with van der Waals surface area (Å²) in [6.45, 7) is 2.39. The van der Waals surface area contributed by atoms with E-state index in [9.17, 15) is 10.1 Å². The van der Waals surface area contributed by atoms with Crippen molar-refractivity contribution in [3.8, 4) is 0 Å². The van der Waals surface area contributed by atoms with Crippen LogP contribution >= 0.6 is 15.9 Å². The van der Waals surface area contributed by atoms with Crippen molar-refractivity contribution in [2.75, 3.05) is 11.9 Å². The van der Waals surface area contributed by atoms with Gasteiger partial charge in [0.2, 0.25) is 0 Å². The molecule has 2 aromatic rings. The average Bonchev–Trinajstić information content (AvgIpc) is 2.44. The Morgan fingerprint density at radius 1 is 1.55 bits per heavy atom. The normalized spacial score (nSPS) is 12.3. The Morgan fingerprint density at radius 2 is 2.30 bits per heavy atom. The van der Waals surface area contributed by atoms with Crippen LogP contribution in [0.15, 0.2) is 28.9 Å². The summed E-state index contributed by atoms with van der Waals surface area (Å²) in [7, 11) is 0. The number of hydrogen-bond donors (Lipinski definition) is 2. The molecular weight excluding hydrogens is 324 g/mol. The van der Waals surface area contributed by atoms with Crippen LogP contribution in [-0.2, 0) is 0 Å². The van der Waals surface area contributed by atoms with E-state index in [1.165, 1.54) is 6.20 Å². The van der Waals surface area contributed by atoms with E-state index in [0.717, 1.165) is 10.9 Å². The molecule has 2 rings (SSSR count). The van der Waals surface area contributed by atoms with E-state index in [1.54, 1.807) is 0 Å². The number of halogens is 1. The fourth-order valence-electron chi connectivity index (χ4n) is 1.98. The van der Waals surface area contributed by atoms with Gasteiger partial charge in [0.25, 0.3) is 0 Å². The van der Waals surface area contributed by atoms with Crippen LogP contribution in [0, 0.1) is 10.1 Å². The van der Waals surface area contributed by atoms with Crippen LogP contribution < -0.4 is 11.1 Å². The van der Waals surface area contributed by atoms with Gasteiger partial charge >= 0.3 is 5.69 Å². The van der Waals surface area contributed by atoms with Gasteiger partial charge in [0.15, 0.2) is 0 Å². The highest BCUT2D eigenvalue weighted by molar-refractivity contribution is 9.10. The first-order valence-corrected chi connectivity index (χ1v) is 7.05. The molecule has 20 heavy (non-hydrogen) atoms. The molecule has 1 heterocycles. The molecule has 0 aliphatic rings. The molecule has 6 nitrogen and oxygen atoms in total. The van der Waals surface area contributed by atoms with Gasteiger partial charge in [-0.05, 0) is 24.6 Å². The zero-order chi connectivity index (χ0) is 14.7. The van der Waals surface area contributed by atoms with Gasteiger partial charge in [-0.2, -0.15) is 0 Å². The fourth-order valence-corrected chi connectivity index (χ4v) is 2.34. The quantitative estimate of drug-likeness (QED) is 0.645. The van der Waals surface area contributed by atoms with Gasteiger partial charge in [0.1, 0.15) is 11.9 Å². The number of nitrogens with two attached hydrogens (primary N) is 1. The van der Waals surface area contributed by atoms with Crippen LogP contribution in [0.4, 0.5) is 11.4 Å². The Bertz CT molecular complexity index is 644. The number of hydrogen-bond acceptors (Lipinski definition) is 5. The Labute approximate surface area is 124 Å². The Hall–Kier alpha value is -1.73. The molecule has 0 saturated carbocycles. The lowest BCUT2D eigenvalue weighted by molar-refractivity contribution is -0.384. The summed E-state index contributed by atoms with van der Waals surface area (Å²) in [5.74, 6) is 0. The summed E-state index contributed by atoms with van der Waals surface area (Å²) in [6, 6.07) is 5.47. The van der Waals surface area contributed by atoms with E-state index in [1.807, 2.05) is 25.1 Å². The number of nitrogens with zero attached hydrogens (tertiary/aromatic N) is 2. The first-order valence-electron chi connectivity index (χ1n) is 6.26. The summed E-state index contributed by atoms with van der Waals surface area (Å²) in [6.07, 6.45) is 2.06. The summed E-state index contributed by atoms with van der Waals surface area (Å²) in [5, 5.41) is 15.1. The molecule has 106 valence electrons. The van der Waals surface area contributed by atoms with Gasteiger partial charge in [0, 0.05) is 22.4 Å². The van der Waals surface area contributed by atoms with Crippen LogP contribution in [0.2, 0.25) is 0 Å². The van der Waals surface area contributed by atoms with Crippen LogP contribution in [0.25, 0.3) is 10.9 Å². The summed E-state index contributed by atoms with van der Waals surface area (Å²) < 4.78 is 0.844. The van der Waals surface area contributed by atoms with Gasteiger partial charge in [-0.1, -0.05) is 22.9 Å². The molecule has 3 N–H and O–H groups in total. The van der Waals surface area contributed by atoms with E-state index in [2.05, 4.69) is 26.2 Å². The first kappa shape index (κ1) is 14.7. The van der Waals surface area contributed by atoms with Crippen LogP contribution in [-0.4, -0.2) is 22.5 Å². The SMILES string of the molecule is CCC(CN)Nc1c([N+](=O)[O-])cnc2ccc(Br)cc12. The molecule has 0 amide bonds. The summed E-state index contributed by atoms with van der Waals surface area (Å²) in [4.78, 5) is 14.9. The molecule has 0 saturated heterocycles. The predicted molar refractivity (Wildman–Crippen MR) is 82.9 cm³/mol. The number of aromatic nitrogens is 1. The minimum Gasteiger partial charge on any atom is -0.375 e. The highest BCUT2D eigenvalue weighted by atomic mass is 79.9. The van der Waals surface area contributed by atoms with Crippen molar-refractivity contribution in [3.63, 3.8) is 0 Å². The maximum Gasteiger partial charge on any atom is 0.311 e. The third kappa shape index (κ3) is 2.88. The molecule has 0 bridgehead atoms. The van der Waals surface area contributed by atoms with E-state index >= 15 is 0 Å². The zero-order valence-corrected chi connectivity index (χ0v) is 12.6. The van der Waals surface area contributed by atoms with Gasteiger partial charge in [-0.25, -0.2) is 4.98 Å². The third-order valence-electron chi connectivity index (χ3n) is 3.13. The molecule has 1 aromatic carbocycles. The van der Waals surface area contributed by atoms with E-state index in [4.69, 9.17) is 5.73 Å². The lowest BCUT2D eigenvalue weighted by Gasteiger charge is -2.17. The van der Waals surface area contributed by atoms with Crippen LogP contribution in [0.3, 0.4) is 0 Å². The van der Waals surface area contributed by atoms with Gasteiger partial charge < -0.3 is 11.1 Å². The molecule has 1 aromatic heterocycles. The second-order valence-corrected chi connectivity index (χ2v) is 5.34. The van der Waals surface area contributed by atoms with Crippen molar-refractivity contribution in [2.24, 2.45) is 5.73 Å². The Balaban J connectivity index is 2.64. The molecule has 0 radical (unpaired) electrons. The Kier molecular flexibility index (Phi) is 4.51. The molecule has 1 unspecified atom stereocenters. The smallest absolute Gasteiger partial charge is 0.311 e. The van der Waals surface area contributed by atoms with Crippen LogP contribution in [0.5, 0.6) is 0 Å². The van der Waals surface area contributed by atoms with Crippen molar-refractivity contribution in [1.29, 1.82) is 0 Å². The van der Waals surface area contributed by atoms with E-state index < -0.39 is 4.92 Å². The monoisotopic (exact) mass is 338 g/mol. The molecule has 0 aliphatic heterocycles. The highest BCUT2D eigenvalue weighted by Crippen LogP contribution is 2.33. The van der Waals surface area contributed by atoms with Gasteiger partial charge in [-0.3, -0.25) is 10.1 Å². The standard InChI is InChI=1S/C13H15BrN4O2/c1-2-9(6-15)17-13-10-5-8(14)3-4-11(10)16-7-12(13)18(19)20/h3-5,7,9H,2,6,15H2,1H3,(H,16,17). The van der Waals surface area contributed by atoms with Crippen molar-refractivity contribution < 1.29 is 4.92 Å². The number of benzene rings is 1. The Morgan fingerprint density at radius 3 is 2.90 bits per heavy atom. The van der Waals surface area contributed by atoms with E-state index in [-0.39, 0.29) is 11.7 Å². The second-order valence-electron chi connectivity index (χ2n) is 4.42. The second kappa shape index (κ2) is 6.15. The maximum absolute atomic E-state index is 11.2.